The van der Waals surface area contributed by atoms with E-state index in [9.17, 15) is 9.59 Å². The third-order valence-corrected chi connectivity index (χ3v) is 2.41. The zero-order chi connectivity index (χ0) is 13.5. The van der Waals surface area contributed by atoms with Crippen LogP contribution >= 0.6 is 0 Å². The minimum atomic E-state index is -0.425. The Kier molecular flexibility index (Phi) is 5.26. The maximum absolute atomic E-state index is 11.5. The minimum absolute atomic E-state index is 0.0898. The van der Waals surface area contributed by atoms with E-state index in [-0.39, 0.29) is 12.5 Å². The molecule has 0 atom stereocenters. The Bertz CT molecular complexity index is 434. The molecule has 0 aromatic carbocycles. The molecule has 6 heteroatoms. The number of esters is 1. The average molecular weight is 251 g/mol. The number of pyridine rings is 1. The van der Waals surface area contributed by atoms with Gasteiger partial charge in [-0.2, -0.15) is 0 Å². The highest BCUT2D eigenvalue weighted by molar-refractivity contribution is 5.90. The summed E-state index contributed by atoms with van der Waals surface area (Å²) >= 11 is 0. The molecule has 0 aliphatic heterocycles. The van der Waals surface area contributed by atoms with Gasteiger partial charge in [0, 0.05) is 19.8 Å². The van der Waals surface area contributed by atoms with Crippen LogP contribution in [0.1, 0.15) is 16.1 Å². The number of nitrogens with zero attached hydrogens (tertiary/aromatic N) is 2. The lowest BCUT2D eigenvalue weighted by Crippen LogP contribution is -2.33. The van der Waals surface area contributed by atoms with Crippen LogP contribution < -0.4 is 5.32 Å². The van der Waals surface area contributed by atoms with Crippen LogP contribution in [0.15, 0.2) is 18.3 Å². The molecule has 1 aromatic heterocycles. The van der Waals surface area contributed by atoms with Crippen LogP contribution in [-0.4, -0.2) is 49.5 Å². The smallest absolute Gasteiger partial charge is 0.339 e. The molecule has 0 radical (unpaired) electrons. The molecule has 18 heavy (non-hydrogen) atoms. The highest BCUT2D eigenvalue weighted by Crippen LogP contribution is 2.09. The summed E-state index contributed by atoms with van der Waals surface area (Å²) in [6.45, 7) is 0.645. The number of hydrogen-bond acceptors (Lipinski definition) is 5. The summed E-state index contributed by atoms with van der Waals surface area (Å²) in [4.78, 5) is 28.7. The number of aromatic nitrogens is 1. The van der Waals surface area contributed by atoms with E-state index in [0.29, 0.717) is 17.8 Å². The Morgan fingerprint density at radius 3 is 2.83 bits per heavy atom. The van der Waals surface area contributed by atoms with E-state index in [0.717, 1.165) is 0 Å². The van der Waals surface area contributed by atoms with Gasteiger partial charge >= 0.3 is 5.97 Å². The van der Waals surface area contributed by atoms with Crippen LogP contribution in [0.5, 0.6) is 0 Å². The molecule has 0 unspecified atom stereocenters. The predicted octanol–water partition coefficient (Wildman–Crippen LogP) is 0.0460. The van der Waals surface area contributed by atoms with Crippen molar-refractivity contribution in [1.82, 2.24) is 15.2 Å². The number of ether oxygens (including phenoxy) is 1. The monoisotopic (exact) mass is 251 g/mol. The lowest BCUT2D eigenvalue weighted by atomic mass is 10.2. The first-order valence-corrected chi connectivity index (χ1v) is 5.49. The molecule has 0 aliphatic rings. The number of carbonyl (C=O) groups excluding carboxylic acids is 2. The van der Waals surface area contributed by atoms with Crippen LogP contribution in [0.4, 0.5) is 0 Å². The van der Waals surface area contributed by atoms with Gasteiger partial charge in [-0.15, -0.1) is 0 Å². The van der Waals surface area contributed by atoms with Crippen molar-refractivity contribution >= 4 is 11.9 Å². The maximum Gasteiger partial charge on any atom is 0.339 e. The fraction of sp³-hybridized carbons (Fsp3) is 0.417. The Morgan fingerprint density at radius 1 is 1.50 bits per heavy atom. The van der Waals surface area contributed by atoms with Crippen molar-refractivity contribution in [3.8, 4) is 0 Å². The van der Waals surface area contributed by atoms with E-state index in [1.165, 1.54) is 7.11 Å². The largest absolute Gasteiger partial charge is 0.465 e. The van der Waals surface area contributed by atoms with E-state index in [2.05, 4.69) is 15.0 Å². The van der Waals surface area contributed by atoms with Crippen molar-refractivity contribution in [2.45, 2.75) is 6.54 Å². The lowest BCUT2D eigenvalue weighted by molar-refractivity contribution is -0.121. The van der Waals surface area contributed by atoms with Gasteiger partial charge in [0.2, 0.25) is 5.91 Å². The molecule has 0 spiro atoms. The second-order valence-corrected chi connectivity index (χ2v) is 3.83. The maximum atomic E-state index is 11.5. The van der Waals surface area contributed by atoms with Crippen molar-refractivity contribution < 1.29 is 14.3 Å². The number of methoxy groups -OCH3 is 1. The Hall–Kier alpha value is -1.95. The lowest BCUT2D eigenvalue weighted by Gasteiger charge is -2.16. The third-order valence-electron chi connectivity index (χ3n) is 2.41. The topological polar surface area (TPSA) is 71.5 Å². The third kappa shape index (κ3) is 3.81. The van der Waals surface area contributed by atoms with Gasteiger partial charge in [0.05, 0.1) is 24.9 Å². The standard InChI is InChI=1S/C12H17N3O3/c1-13-11(16)8-15(2)7-10-9(12(17)18-3)5-4-6-14-10/h4-6H,7-8H2,1-3H3,(H,13,16). The molecular formula is C12H17N3O3. The molecule has 1 aromatic rings. The van der Waals surface area contributed by atoms with Gasteiger partial charge < -0.3 is 10.1 Å². The first-order chi connectivity index (χ1) is 8.58. The van der Waals surface area contributed by atoms with E-state index in [1.54, 1.807) is 37.3 Å². The Morgan fingerprint density at radius 2 is 2.22 bits per heavy atom. The quantitative estimate of drug-likeness (QED) is 0.748. The fourth-order valence-corrected chi connectivity index (χ4v) is 1.50. The van der Waals surface area contributed by atoms with Gasteiger partial charge in [-0.05, 0) is 19.2 Å². The molecule has 98 valence electrons. The number of nitrogens with one attached hydrogen (secondary N) is 1. The van der Waals surface area contributed by atoms with Crippen molar-refractivity contribution in [2.75, 3.05) is 27.7 Å². The molecule has 1 N–H and O–H groups in total. The molecule has 0 fully saturated rings. The normalized spacial score (nSPS) is 10.2. The molecule has 1 rings (SSSR count). The SMILES string of the molecule is CNC(=O)CN(C)Cc1ncccc1C(=O)OC. The molecule has 0 bridgehead atoms. The number of hydrogen-bond donors (Lipinski definition) is 1. The van der Waals surface area contributed by atoms with Crippen LogP contribution in [0, 0.1) is 0 Å². The summed E-state index contributed by atoms with van der Waals surface area (Å²) in [5, 5.41) is 2.54. The van der Waals surface area contributed by atoms with E-state index in [1.807, 2.05) is 0 Å². The molecule has 0 saturated heterocycles. The highest BCUT2D eigenvalue weighted by atomic mass is 16.5. The van der Waals surface area contributed by atoms with Crippen LogP contribution in [-0.2, 0) is 16.1 Å². The summed E-state index contributed by atoms with van der Waals surface area (Å²) in [6.07, 6.45) is 1.61. The van der Waals surface area contributed by atoms with Gasteiger partial charge in [0.15, 0.2) is 0 Å². The molecule has 0 saturated carbocycles. The molecule has 1 amide bonds. The zero-order valence-corrected chi connectivity index (χ0v) is 10.8. The van der Waals surface area contributed by atoms with E-state index in [4.69, 9.17) is 0 Å². The molecular weight excluding hydrogens is 234 g/mol. The number of likely N-dealkylation sites (N-methyl/N-ethyl adjacent to an activating group) is 2. The molecule has 1 heterocycles. The summed E-state index contributed by atoms with van der Waals surface area (Å²) in [5.74, 6) is -0.514. The van der Waals surface area contributed by atoms with Gasteiger partial charge in [0.25, 0.3) is 0 Å². The first-order valence-electron chi connectivity index (χ1n) is 5.49. The second kappa shape index (κ2) is 6.70. The van der Waals surface area contributed by atoms with Gasteiger partial charge in [-0.3, -0.25) is 14.7 Å². The van der Waals surface area contributed by atoms with Crippen LogP contribution in [0.2, 0.25) is 0 Å². The van der Waals surface area contributed by atoms with Crippen LogP contribution in [0.3, 0.4) is 0 Å². The van der Waals surface area contributed by atoms with E-state index < -0.39 is 5.97 Å². The van der Waals surface area contributed by atoms with Crippen molar-refractivity contribution in [1.29, 1.82) is 0 Å². The molecule has 0 aliphatic carbocycles. The van der Waals surface area contributed by atoms with Gasteiger partial charge in [-0.25, -0.2) is 4.79 Å². The summed E-state index contributed by atoms with van der Waals surface area (Å²) in [5.41, 5.74) is 1.01. The average Bonchev–Trinajstić information content (AvgIpc) is 2.38. The van der Waals surface area contributed by atoms with Gasteiger partial charge in [-0.1, -0.05) is 0 Å². The number of carbonyl (C=O) groups is 2. The minimum Gasteiger partial charge on any atom is -0.465 e. The molecule has 6 nitrogen and oxygen atoms in total. The van der Waals surface area contributed by atoms with Crippen molar-refractivity contribution in [2.24, 2.45) is 0 Å². The van der Waals surface area contributed by atoms with Crippen molar-refractivity contribution in [3.05, 3.63) is 29.6 Å². The summed E-state index contributed by atoms with van der Waals surface area (Å²) in [6, 6.07) is 3.33. The van der Waals surface area contributed by atoms with Crippen LogP contribution in [0.25, 0.3) is 0 Å². The highest BCUT2D eigenvalue weighted by Gasteiger charge is 2.14. The van der Waals surface area contributed by atoms with Gasteiger partial charge in [0.1, 0.15) is 0 Å². The number of amides is 1. The Labute approximate surface area is 106 Å². The first kappa shape index (κ1) is 14.1. The second-order valence-electron chi connectivity index (χ2n) is 3.83. The zero-order valence-electron chi connectivity index (χ0n) is 10.8. The van der Waals surface area contributed by atoms with E-state index >= 15 is 0 Å². The fourth-order valence-electron chi connectivity index (χ4n) is 1.50. The predicted molar refractivity (Wildman–Crippen MR) is 66.0 cm³/mol. The summed E-state index contributed by atoms with van der Waals surface area (Å²) in [7, 11) is 4.69. The summed E-state index contributed by atoms with van der Waals surface area (Å²) < 4.78 is 4.68. The van der Waals surface area contributed by atoms with Crippen molar-refractivity contribution in [3.63, 3.8) is 0 Å². The number of rotatable bonds is 5. The Balaban J connectivity index is 2.78.